The van der Waals surface area contributed by atoms with Gasteiger partial charge >= 0.3 is 0 Å². The fourth-order valence-corrected chi connectivity index (χ4v) is 4.21. The number of nitrogens with one attached hydrogen (secondary N) is 1. The molecular formula is C32H36N2. The van der Waals surface area contributed by atoms with E-state index in [0.29, 0.717) is 0 Å². The third-order valence-electron chi connectivity index (χ3n) is 6.41. The molecule has 4 aromatic rings. The zero-order chi connectivity index (χ0) is 24.5. The maximum absolute atomic E-state index is 6.32. The summed E-state index contributed by atoms with van der Waals surface area (Å²) in [6, 6.07) is 32.3. The molecule has 34 heavy (non-hydrogen) atoms. The Morgan fingerprint density at radius 3 is 1.38 bits per heavy atom. The predicted octanol–water partition coefficient (Wildman–Crippen LogP) is 8.94. The highest BCUT2D eigenvalue weighted by atomic mass is 14.9. The van der Waals surface area contributed by atoms with E-state index in [9.17, 15) is 0 Å². The van der Waals surface area contributed by atoms with Gasteiger partial charge in [0, 0.05) is 11.1 Å². The Morgan fingerprint density at radius 2 is 0.971 bits per heavy atom. The number of anilines is 3. The highest BCUT2D eigenvalue weighted by molar-refractivity contribution is 5.94. The summed E-state index contributed by atoms with van der Waals surface area (Å²) >= 11 is 0. The zero-order valence-corrected chi connectivity index (χ0v) is 21.2. The van der Waals surface area contributed by atoms with Crippen molar-refractivity contribution in [2.24, 2.45) is 0 Å². The van der Waals surface area contributed by atoms with Crippen LogP contribution in [-0.4, -0.2) is 0 Å². The summed E-state index contributed by atoms with van der Waals surface area (Å²) in [4.78, 5) is 0. The second kappa shape index (κ2) is 9.02. The number of para-hydroxylation sites is 3. The number of nitrogen functional groups attached to an aromatic ring is 1. The molecule has 0 aliphatic heterocycles. The second-order valence-electron chi connectivity index (χ2n) is 11.1. The molecule has 4 aromatic carbocycles. The normalized spacial score (nSPS) is 11.9. The van der Waals surface area contributed by atoms with Crippen LogP contribution in [0.15, 0.2) is 91.0 Å². The molecule has 0 spiro atoms. The molecule has 0 atom stereocenters. The summed E-state index contributed by atoms with van der Waals surface area (Å²) < 4.78 is 0. The fourth-order valence-electron chi connectivity index (χ4n) is 4.21. The molecule has 0 radical (unpaired) electrons. The van der Waals surface area contributed by atoms with Crippen molar-refractivity contribution in [2.75, 3.05) is 11.1 Å². The van der Waals surface area contributed by atoms with E-state index >= 15 is 0 Å². The van der Waals surface area contributed by atoms with Crippen LogP contribution in [-0.2, 0) is 10.8 Å². The molecule has 0 unspecified atom stereocenters. The first kappa shape index (κ1) is 23.6. The summed E-state index contributed by atoms with van der Waals surface area (Å²) in [6.07, 6.45) is 0. The first-order valence-electron chi connectivity index (χ1n) is 12.0. The first-order chi connectivity index (χ1) is 16.0. The van der Waals surface area contributed by atoms with Gasteiger partial charge in [0.1, 0.15) is 0 Å². The maximum Gasteiger partial charge on any atom is 0.0618 e. The topological polar surface area (TPSA) is 38.0 Å². The molecule has 0 saturated carbocycles. The highest BCUT2D eigenvalue weighted by Crippen LogP contribution is 2.40. The Hall–Kier alpha value is -3.52. The van der Waals surface area contributed by atoms with E-state index in [4.69, 9.17) is 5.73 Å². The van der Waals surface area contributed by atoms with Crippen LogP contribution in [0.1, 0.15) is 52.7 Å². The summed E-state index contributed by atoms with van der Waals surface area (Å²) in [6.45, 7) is 13.5. The van der Waals surface area contributed by atoms with Crippen LogP contribution in [0.2, 0.25) is 0 Å². The second-order valence-corrected chi connectivity index (χ2v) is 11.1. The van der Waals surface area contributed by atoms with Gasteiger partial charge in [0.25, 0.3) is 0 Å². The lowest BCUT2D eigenvalue weighted by Gasteiger charge is -2.22. The first-order valence-corrected chi connectivity index (χ1v) is 12.0. The average Bonchev–Trinajstić information content (AvgIpc) is 2.80. The maximum atomic E-state index is 6.32. The summed E-state index contributed by atoms with van der Waals surface area (Å²) in [5.41, 5.74) is 16.6. The van der Waals surface area contributed by atoms with Gasteiger partial charge in [0.05, 0.1) is 17.1 Å². The van der Waals surface area contributed by atoms with E-state index in [1.165, 1.54) is 22.3 Å². The minimum atomic E-state index is 0.120. The molecule has 2 heteroatoms. The molecule has 2 nitrogen and oxygen atoms in total. The predicted molar refractivity (Wildman–Crippen MR) is 149 cm³/mol. The van der Waals surface area contributed by atoms with Crippen molar-refractivity contribution < 1.29 is 0 Å². The van der Waals surface area contributed by atoms with E-state index in [-0.39, 0.29) is 10.8 Å². The molecule has 0 heterocycles. The molecule has 3 N–H and O–H groups in total. The van der Waals surface area contributed by atoms with Gasteiger partial charge in [0.2, 0.25) is 0 Å². The Kier molecular flexibility index (Phi) is 6.27. The van der Waals surface area contributed by atoms with Crippen LogP contribution in [0.25, 0.3) is 22.3 Å². The van der Waals surface area contributed by atoms with Crippen molar-refractivity contribution in [3.63, 3.8) is 0 Å². The molecular weight excluding hydrogens is 412 g/mol. The standard InChI is InChI=1S/C32H36N2/c1-31(2,3)24-18-14-22(15-19-24)26-10-9-11-27(23-16-20-25(21-17-23)32(4,5)6)30(26)34-29-13-8-7-12-28(29)33/h7-21,34H,33H2,1-6H3. The van der Waals surface area contributed by atoms with Crippen LogP contribution in [0.3, 0.4) is 0 Å². The van der Waals surface area contributed by atoms with Gasteiger partial charge in [-0.3, -0.25) is 0 Å². The van der Waals surface area contributed by atoms with Gasteiger partial charge in [-0.25, -0.2) is 0 Å². The number of rotatable bonds is 4. The van der Waals surface area contributed by atoms with Crippen molar-refractivity contribution >= 4 is 17.1 Å². The lowest BCUT2D eigenvalue weighted by atomic mass is 9.85. The molecule has 0 amide bonds. The molecule has 174 valence electrons. The molecule has 0 aromatic heterocycles. The van der Waals surface area contributed by atoms with Crippen molar-refractivity contribution in [1.82, 2.24) is 0 Å². The van der Waals surface area contributed by atoms with Gasteiger partial charge in [-0.15, -0.1) is 0 Å². The van der Waals surface area contributed by atoms with Crippen LogP contribution in [0, 0.1) is 0 Å². The number of hydrogen-bond donors (Lipinski definition) is 2. The van der Waals surface area contributed by atoms with Crippen LogP contribution in [0.4, 0.5) is 17.1 Å². The summed E-state index contributed by atoms with van der Waals surface area (Å²) in [7, 11) is 0. The third kappa shape index (κ3) is 5.02. The Balaban J connectivity index is 1.86. The average molecular weight is 449 g/mol. The van der Waals surface area contributed by atoms with Gasteiger partial charge in [0.15, 0.2) is 0 Å². The number of hydrogen-bond acceptors (Lipinski definition) is 2. The molecule has 0 aliphatic carbocycles. The number of benzene rings is 4. The Bertz CT molecular complexity index is 1190. The van der Waals surface area contributed by atoms with E-state index in [1.807, 2.05) is 24.3 Å². The number of nitrogens with two attached hydrogens (primary N) is 1. The largest absolute Gasteiger partial charge is 0.397 e. The van der Waals surface area contributed by atoms with Crippen molar-refractivity contribution in [3.8, 4) is 22.3 Å². The lowest BCUT2D eigenvalue weighted by molar-refractivity contribution is 0.590. The van der Waals surface area contributed by atoms with Crippen LogP contribution >= 0.6 is 0 Å². The highest BCUT2D eigenvalue weighted by Gasteiger charge is 2.17. The Labute approximate surface area is 204 Å². The van der Waals surface area contributed by atoms with E-state index < -0.39 is 0 Å². The summed E-state index contributed by atoms with van der Waals surface area (Å²) in [5.74, 6) is 0. The quantitative estimate of drug-likeness (QED) is 0.306. The monoisotopic (exact) mass is 448 g/mol. The zero-order valence-electron chi connectivity index (χ0n) is 21.2. The van der Waals surface area contributed by atoms with Crippen molar-refractivity contribution in [3.05, 3.63) is 102 Å². The van der Waals surface area contributed by atoms with E-state index in [0.717, 1.165) is 28.2 Å². The molecule has 0 aliphatic rings. The third-order valence-corrected chi connectivity index (χ3v) is 6.41. The van der Waals surface area contributed by atoms with Gasteiger partial charge in [-0.2, -0.15) is 0 Å². The van der Waals surface area contributed by atoms with Gasteiger partial charge in [-0.05, 0) is 45.2 Å². The van der Waals surface area contributed by atoms with Gasteiger partial charge in [-0.1, -0.05) is 120 Å². The summed E-state index contributed by atoms with van der Waals surface area (Å²) in [5, 5.41) is 3.67. The van der Waals surface area contributed by atoms with Crippen molar-refractivity contribution in [1.29, 1.82) is 0 Å². The SMILES string of the molecule is CC(C)(C)c1ccc(-c2cccc(-c3ccc(C(C)(C)C)cc3)c2Nc2ccccc2N)cc1. The molecule has 0 saturated heterocycles. The minimum absolute atomic E-state index is 0.120. The lowest BCUT2D eigenvalue weighted by Crippen LogP contribution is -2.10. The minimum Gasteiger partial charge on any atom is -0.397 e. The smallest absolute Gasteiger partial charge is 0.0618 e. The van der Waals surface area contributed by atoms with Crippen LogP contribution < -0.4 is 11.1 Å². The Morgan fingerprint density at radius 1 is 0.529 bits per heavy atom. The molecule has 0 fully saturated rings. The van der Waals surface area contributed by atoms with E-state index in [1.54, 1.807) is 0 Å². The van der Waals surface area contributed by atoms with E-state index in [2.05, 4.69) is 114 Å². The molecule has 4 rings (SSSR count). The fraction of sp³-hybridized carbons (Fsp3) is 0.250. The van der Waals surface area contributed by atoms with Crippen molar-refractivity contribution in [2.45, 2.75) is 52.4 Å². The van der Waals surface area contributed by atoms with Gasteiger partial charge < -0.3 is 11.1 Å². The molecule has 0 bridgehead atoms. The van der Waals surface area contributed by atoms with Crippen LogP contribution in [0.5, 0.6) is 0 Å².